The summed E-state index contributed by atoms with van der Waals surface area (Å²) in [5, 5.41) is 14.0. The molecule has 1 amide bonds. The molecule has 0 unspecified atom stereocenters. The Bertz CT molecular complexity index is 714. The number of nitrogens with one attached hydrogen (secondary N) is 1. The minimum atomic E-state index is -1.08. The SMILES string of the molecule is CCCOc1ccc(-c2csc(NC(=O)C(C)(C)C#N)n2)cc1. The van der Waals surface area contributed by atoms with Gasteiger partial charge in [-0.3, -0.25) is 4.79 Å². The largest absolute Gasteiger partial charge is 0.494 e. The second-order valence-corrected chi connectivity index (χ2v) is 6.46. The fourth-order valence-electron chi connectivity index (χ4n) is 1.71. The molecule has 0 aliphatic heterocycles. The van der Waals surface area contributed by atoms with Gasteiger partial charge in [-0.1, -0.05) is 6.92 Å². The molecule has 0 aliphatic rings. The van der Waals surface area contributed by atoms with Gasteiger partial charge in [0.2, 0.25) is 5.91 Å². The number of hydrogen-bond donors (Lipinski definition) is 1. The van der Waals surface area contributed by atoms with Crippen LogP contribution in [0.15, 0.2) is 29.6 Å². The van der Waals surface area contributed by atoms with Crippen molar-refractivity contribution in [1.29, 1.82) is 5.26 Å². The summed E-state index contributed by atoms with van der Waals surface area (Å²) in [5.74, 6) is 0.472. The fraction of sp³-hybridized carbons (Fsp3) is 0.353. The molecular formula is C17H19N3O2S. The normalized spacial score (nSPS) is 10.9. The number of nitrogens with zero attached hydrogens (tertiary/aromatic N) is 2. The Kier molecular flexibility index (Phi) is 5.35. The minimum Gasteiger partial charge on any atom is -0.494 e. The van der Waals surface area contributed by atoms with Crippen LogP contribution in [0.4, 0.5) is 5.13 Å². The molecule has 0 bridgehead atoms. The zero-order valence-electron chi connectivity index (χ0n) is 13.4. The first-order chi connectivity index (χ1) is 11.0. The highest BCUT2D eigenvalue weighted by atomic mass is 32.1. The number of amides is 1. The van der Waals surface area contributed by atoms with Crippen molar-refractivity contribution < 1.29 is 9.53 Å². The Balaban J connectivity index is 2.07. The lowest BCUT2D eigenvalue weighted by atomic mass is 9.95. The maximum Gasteiger partial charge on any atom is 0.246 e. The number of hydrogen-bond acceptors (Lipinski definition) is 5. The number of nitriles is 1. The van der Waals surface area contributed by atoms with Crippen molar-refractivity contribution in [1.82, 2.24) is 4.98 Å². The Hall–Kier alpha value is -2.39. The summed E-state index contributed by atoms with van der Waals surface area (Å²) in [4.78, 5) is 16.4. The second-order valence-electron chi connectivity index (χ2n) is 5.60. The molecule has 23 heavy (non-hydrogen) atoms. The van der Waals surface area contributed by atoms with E-state index < -0.39 is 5.41 Å². The van der Waals surface area contributed by atoms with E-state index in [1.54, 1.807) is 13.8 Å². The number of carbonyl (C=O) groups is 1. The molecule has 0 atom stereocenters. The molecule has 6 heteroatoms. The molecule has 1 aromatic heterocycles. The van der Waals surface area contributed by atoms with Gasteiger partial charge in [0.15, 0.2) is 5.13 Å². The van der Waals surface area contributed by atoms with Crippen LogP contribution in [-0.4, -0.2) is 17.5 Å². The average Bonchev–Trinajstić information content (AvgIpc) is 3.01. The summed E-state index contributed by atoms with van der Waals surface area (Å²) in [6.07, 6.45) is 0.968. The molecule has 5 nitrogen and oxygen atoms in total. The van der Waals surface area contributed by atoms with Gasteiger partial charge in [-0.05, 0) is 44.5 Å². The summed E-state index contributed by atoms with van der Waals surface area (Å²) in [6, 6.07) is 9.65. The fourth-order valence-corrected chi connectivity index (χ4v) is 2.42. The van der Waals surface area contributed by atoms with Crippen LogP contribution in [-0.2, 0) is 4.79 Å². The maximum atomic E-state index is 12.0. The molecular weight excluding hydrogens is 310 g/mol. The second kappa shape index (κ2) is 7.25. The van der Waals surface area contributed by atoms with E-state index in [-0.39, 0.29) is 5.91 Å². The molecule has 120 valence electrons. The van der Waals surface area contributed by atoms with Crippen LogP contribution in [0.2, 0.25) is 0 Å². The Labute approximate surface area is 139 Å². The standard InChI is InChI=1S/C17H19N3O2S/c1-4-9-22-13-7-5-12(6-8-13)14-10-23-16(19-14)20-15(21)17(2,3)11-18/h5-8,10H,4,9H2,1-3H3,(H,19,20,21). The van der Waals surface area contributed by atoms with Crippen molar-refractivity contribution >= 4 is 22.4 Å². The predicted molar refractivity (Wildman–Crippen MR) is 91.4 cm³/mol. The molecule has 0 aliphatic carbocycles. The molecule has 0 radical (unpaired) electrons. The third-order valence-corrected chi connectivity index (χ3v) is 3.95. The van der Waals surface area contributed by atoms with Gasteiger partial charge >= 0.3 is 0 Å². The number of aromatic nitrogens is 1. The number of benzene rings is 1. The van der Waals surface area contributed by atoms with Crippen LogP contribution < -0.4 is 10.1 Å². The molecule has 2 rings (SSSR count). The van der Waals surface area contributed by atoms with Gasteiger partial charge in [0, 0.05) is 10.9 Å². The van der Waals surface area contributed by atoms with Gasteiger partial charge in [0.1, 0.15) is 11.2 Å². The van der Waals surface area contributed by atoms with Gasteiger partial charge in [-0.2, -0.15) is 5.26 Å². The van der Waals surface area contributed by atoms with E-state index in [1.807, 2.05) is 35.7 Å². The quantitative estimate of drug-likeness (QED) is 0.866. The van der Waals surface area contributed by atoms with Crippen LogP contribution in [0.3, 0.4) is 0 Å². The van der Waals surface area contributed by atoms with E-state index in [0.717, 1.165) is 23.4 Å². The third kappa shape index (κ3) is 4.30. The monoisotopic (exact) mass is 329 g/mol. The minimum absolute atomic E-state index is 0.357. The van der Waals surface area contributed by atoms with E-state index in [9.17, 15) is 4.79 Å². The van der Waals surface area contributed by atoms with Gasteiger partial charge in [0.05, 0.1) is 18.4 Å². The van der Waals surface area contributed by atoms with Gasteiger partial charge in [0.25, 0.3) is 0 Å². The zero-order chi connectivity index (χ0) is 16.9. The van der Waals surface area contributed by atoms with Crippen LogP contribution in [0, 0.1) is 16.7 Å². The summed E-state index contributed by atoms with van der Waals surface area (Å²) < 4.78 is 5.55. The van der Waals surface area contributed by atoms with Crippen LogP contribution in [0.5, 0.6) is 5.75 Å². The van der Waals surface area contributed by atoms with E-state index in [2.05, 4.69) is 17.2 Å². The number of thiazole rings is 1. The summed E-state index contributed by atoms with van der Waals surface area (Å²) in [6.45, 7) is 5.91. The summed E-state index contributed by atoms with van der Waals surface area (Å²) in [7, 11) is 0. The van der Waals surface area contributed by atoms with E-state index in [0.29, 0.717) is 11.7 Å². The number of anilines is 1. The van der Waals surface area contributed by atoms with E-state index in [4.69, 9.17) is 10.00 Å². The number of ether oxygens (including phenoxy) is 1. The number of carbonyl (C=O) groups excluding carboxylic acids is 1. The molecule has 2 aromatic rings. The van der Waals surface area contributed by atoms with Crippen molar-refractivity contribution in [2.45, 2.75) is 27.2 Å². The zero-order valence-corrected chi connectivity index (χ0v) is 14.2. The summed E-state index contributed by atoms with van der Waals surface area (Å²) >= 11 is 1.33. The Morgan fingerprint density at radius 1 is 1.39 bits per heavy atom. The van der Waals surface area contributed by atoms with Gasteiger partial charge in [-0.15, -0.1) is 11.3 Å². The topological polar surface area (TPSA) is 75.0 Å². The van der Waals surface area contributed by atoms with Crippen LogP contribution in [0.25, 0.3) is 11.3 Å². The predicted octanol–water partition coefficient (Wildman–Crippen LogP) is 4.09. The molecule has 0 spiro atoms. The van der Waals surface area contributed by atoms with E-state index >= 15 is 0 Å². The molecule has 1 aromatic carbocycles. The molecule has 1 N–H and O–H groups in total. The molecule has 0 saturated carbocycles. The summed E-state index contributed by atoms with van der Waals surface area (Å²) in [5.41, 5.74) is 0.650. The lowest BCUT2D eigenvalue weighted by molar-refractivity contribution is -0.121. The molecule has 1 heterocycles. The lowest BCUT2D eigenvalue weighted by Gasteiger charge is -2.12. The highest BCUT2D eigenvalue weighted by Crippen LogP contribution is 2.27. The first-order valence-corrected chi connectivity index (χ1v) is 8.25. The maximum absolute atomic E-state index is 12.0. The van der Waals surface area contributed by atoms with E-state index in [1.165, 1.54) is 11.3 Å². The van der Waals surface area contributed by atoms with Crippen LogP contribution in [0.1, 0.15) is 27.2 Å². The Morgan fingerprint density at radius 2 is 2.09 bits per heavy atom. The van der Waals surface area contributed by atoms with Crippen LogP contribution >= 0.6 is 11.3 Å². The van der Waals surface area contributed by atoms with Crippen molar-refractivity contribution in [2.75, 3.05) is 11.9 Å². The first-order valence-electron chi connectivity index (χ1n) is 7.37. The van der Waals surface area contributed by atoms with Gasteiger partial charge in [-0.25, -0.2) is 4.98 Å². The van der Waals surface area contributed by atoms with Gasteiger partial charge < -0.3 is 10.1 Å². The highest BCUT2D eigenvalue weighted by Gasteiger charge is 2.27. The van der Waals surface area contributed by atoms with Crippen molar-refractivity contribution in [3.63, 3.8) is 0 Å². The number of rotatable bonds is 6. The molecule has 0 fully saturated rings. The smallest absolute Gasteiger partial charge is 0.246 e. The molecule has 0 saturated heterocycles. The lowest BCUT2D eigenvalue weighted by Crippen LogP contribution is -2.29. The van der Waals surface area contributed by atoms with Crippen molar-refractivity contribution in [3.05, 3.63) is 29.6 Å². The Morgan fingerprint density at radius 3 is 2.70 bits per heavy atom. The first kappa shape index (κ1) is 17.0. The highest BCUT2D eigenvalue weighted by molar-refractivity contribution is 7.14. The average molecular weight is 329 g/mol. The van der Waals surface area contributed by atoms with Crippen molar-refractivity contribution in [2.24, 2.45) is 5.41 Å². The van der Waals surface area contributed by atoms with Crippen molar-refractivity contribution in [3.8, 4) is 23.1 Å². The third-order valence-electron chi connectivity index (χ3n) is 3.19.